The van der Waals surface area contributed by atoms with Crippen LogP contribution in [-0.4, -0.2) is 6.54 Å². The molecular formula is C15H24N2. The van der Waals surface area contributed by atoms with Gasteiger partial charge in [-0.25, -0.2) is 0 Å². The average Bonchev–Trinajstić information content (AvgIpc) is 3.08. The third-order valence-corrected chi connectivity index (χ3v) is 3.64. The van der Waals surface area contributed by atoms with E-state index in [4.69, 9.17) is 5.73 Å². The van der Waals surface area contributed by atoms with Gasteiger partial charge in [0.1, 0.15) is 0 Å². The lowest BCUT2D eigenvalue weighted by atomic mass is 10.00. The Hall–Kier alpha value is -1.18. The van der Waals surface area contributed by atoms with Gasteiger partial charge in [-0.2, -0.15) is 0 Å². The predicted octanol–water partition coefficient (Wildman–Crippen LogP) is 3.09. The summed E-state index contributed by atoms with van der Waals surface area (Å²) in [5.74, 6) is 1.51. The Bertz CT molecular complexity index is 359. The quantitative estimate of drug-likeness (QED) is 0.691. The zero-order valence-corrected chi connectivity index (χ0v) is 11.0. The summed E-state index contributed by atoms with van der Waals surface area (Å²) in [6.07, 6.45) is 11.8. The van der Waals surface area contributed by atoms with Crippen LogP contribution in [0.2, 0.25) is 0 Å². The molecule has 0 saturated heterocycles. The number of nitrogens with two attached hydrogens (primary N) is 1. The van der Waals surface area contributed by atoms with Crippen LogP contribution in [0.4, 0.5) is 0 Å². The van der Waals surface area contributed by atoms with Crippen molar-refractivity contribution in [3.05, 3.63) is 35.2 Å². The van der Waals surface area contributed by atoms with Crippen LogP contribution in [0.5, 0.6) is 0 Å². The third kappa shape index (κ3) is 2.93. The average molecular weight is 232 g/mol. The monoisotopic (exact) mass is 232 g/mol. The first-order chi connectivity index (χ1) is 8.24. The first kappa shape index (κ1) is 12.3. The van der Waals surface area contributed by atoms with Crippen molar-refractivity contribution in [2.75, 3.05) is 6.54 Å². The number of rotatable bonds is 6. The fraction of sp³-hybridized carbons (Fsp3) is 0.600. The van der Waals surface area contributed by atoms with E-state index in [0.29, 0.717) is 0 Å². The Morgan fingerprint density at radius 2 is 2.29 bits per heavy atom. The summed E-state index contributed by atoms with van der Waals surface area (Å²) >= 11 is 0. The Labute approximate surface area is 105 Å². The van der Waals surface area contributed by atoms with Gasteiger partial charge in [0.2, 0.25) is 0 Å². The Morgan fingerprint density at radius 1 is 1.47 bits per heavy atom. The molecular weight excluding hydrogens is 208 g/mol. The lowest BCUT2D eigenvalue weighted by molar-refractivity contribution is 0.660. The van der Waals surface area contributed by atoms with Crippen LogP contribution >= 0.6 is 0 Å². The molecule has 2 aliphatic rings. The molecule has 0 bridgehead atoms. The highest BCUT2D eigenvalue weighted by Crippen LogP contribution is 2.49. The van der Waals surface area contributed by atoms with Gasteiger partial charge in [0.15, 0.2) is 0 Å². The molecule has 0 aromatic rings. The van der Waals surface area contributed by atoms with E-state index in [2.05, 4.69) is 30.5 Å². The fourth-order valence-electron chi connectivity index (χ4n) is 2.54. The molecule has 0 aromatic heterocycles. The molecule has 0 heterocycles. The first-order valence-corrected chi connectivity index (χ1v) is 6.83. The van der Waals surface area contributed by atoms with Crippen LogP contribution in [0.1, 0.15) is 39.5 Å². The highest BCUT2D eigenvalue weighted by atomic mass is 14.9. The summed E-state index contributed by atoms with van der Waals surface area (Å²) in [5, 5.41) is 3.53. The van der Waals surface area contributed by atoms with Crippen molar-refractivity contribution < 1.29 is 0 Å². The number of nitrogens with one attached hydrogen (secondary N) is 1. The van der Waals surface area contributed by atoms with Crippen LogP contribution in [0.25, 0.3) is 0 Å². The second-order valence-corrected chi connectivity index (χ2v) is 5.20. The predicted molar refractivity (Wildman–Crippen MR) is 73.2 cm³/mol. The highest BCUT2D eigenvalue weighted by molar-refractivity contribution is 5.43. The number of unbranched alkanes of at least 4 members (excludes halogenated alkanes) is 2. The highest BCUT2D eigenvalue weighted by Gasteiger charge is 2.40. The lowest BCUT2D eigenvalue weighted by Gasteiger charge is -2.17. The molecule has 94 valence electrons. The van der Waals surface area contributed by atoms with E-state index >= 15 is 0 Å². The Balaban J connectivity index is 1.96. The number of fused-ring (bicyclic) bond motifs is 1. The zero-order valence-electron chi connectivity index (χ0n) is 11.0. The number of hydrogen-bond acceptors (Lipinski definition) is 2. The van der Waals surface area contributed by atoms with E-state index in [1.165, 1.54) is 37.0 Å². The van der Waals surface area contributed by atoms with Crippen LogP contribution < -0.4 is 11.1 Å². The van der Waals surface area contributed by atoms with Crippen LogP contribution in [0, 0.1) is 11.8 Å². The summed E-state index contributed by atoms with van der Waals surface area (Å²) in [7, 11) is 0. The molecule has 1 fully saturated rings. The molecule has 2 aliphatic carbocycles. The maximum absolute atomic E-state index is 6.02. The molecule has 0 radical (unpaired) electrons. The normalized spacial score (nSPS) is 27.1. The molecule has 0 unspecified atom stereocenters. The third-order valence-electron chi connectivity index (χ3n) is 3.64. The summed E-state index contributed by atoms with van der Waals surface area (Å²) in [5.41, 5.74) is 9.56. The number of hydrogen-bond donors (Lipinski definition) is 2. The molecule has 2 atom stereocenters. The zero-order chi connectivity index (χ0) is 12.3. The second kappa shape index (κ2) is 5.44. The van der Waals surface area contributed by atoms with Gasteiger partial charge in [0, 0.05) is 12.2 Å². The van der Waals surface area contributed by atoms with Gasteiger partial charge < -0.3 is 11.1 Å². The standard InChI is InChI=1S/C15H24N2/c1-3-4-5-9-17-15(11(2)16)13-8-6-7-12-10-14(12)13/h6-8,12,14,17H,3-5,9-10,16H2,1-2H3/b15-11-/t12-,14+/m0/s1. The van der Waals surface area contributed by atoms with Gasteiger partial charge in [0.25, 0.3) is 0 Å². The molecule has 1 saturated carbocycles. The van der Waals surface area contributed by atoms with E-state index in [1.54, 1.807) is 0 Å². The topological polar surface area (TPSA) is 38.0 Å². The molecule has 0 aliphatic heterocycles. The molecule has 2 nitrogen and oxygen atoms in total. The fourth-order valence-corrected chi connectivity index (χ4v) is 2.54. The summed E-state index contributed by atoms with van der Waals surface area (Å²) in [4.78, 5) is 0. The van der Waals surface area contributed by atoms with Gasteiger partial charge in [-0.15, -0.1) is 0 Å². The number of allylic oxidation sites excluding steroid dienone is 5. The van der Waals surface area contributed by atoms with Crippen molar-refractivity contribution in [2.45, 2.75) is 39.5 Å². The van der Waals surface area contributed by atoms with Crippen LogP contribution in [-0.2, 0) is 0 Å². The van der Waals surface area contributed by atoms with Crippen molar-refractivity contribution >= 4 is 0 Å². The molecule has 3 N–H and O–H groups in total. The van der Waals surface area contributed by atoms with Crippen LogP contribution in [0.15, 0.2) is 35.2 Å². The molecule has 17 heavy (non-hydrogen) atoms. The van der Waals surface area contributed by atoms with Crippen molar-refractivity contribution in [3.63, 3.8) is 0 Å². The minimum absolute atomic E-state index is 0.729. The molecule has 0 amide bonds. The van der Waals surface area contributed by atoms with Crippen molar-refractivity contribution in [1.29, 1.82) is 0 Å². The van der Waals surface area contributed by atoms with Crippen molar-refractivity contribution in [3.8, 4) is 0 Å². The minimum Gasteiger partial charge on any atom is -0.401 e. The molecule has 2 heteroatoms. The maximum Gasteiger partial charge on any atom is 0.0563 e. The summed E-state index contributed by atoms with van der Waals surface area (Å²) in [6.45, 7) is 5.27. The van der Waals surface area contributed by atoms with E-state index in [0.717, 1.165) is 24.1 Å². The van der Waals surface area contributed by atoms with Crippen LogP contribution in [0.3, 0.4) is 0 Å². The molecule has 2 rings (SSSR count). The van der Waals surface area contributed by atoms with Gasteiger partial charge in [-0.3, -0.25) is 0 Å². The summed E-state index contributed by atoms with van der Waals surface area (Å²) < 4.78 is 0. The van der Waals surface area contributed by atoms with Crippen molar-refractivity contribution in [2.24, 2.45) is 17.6 Å². The Kier molecular flexibility index (Phi) is 3.93. The second-order valence-electron chi connectivity index (χ2n) is 5.20. The largest absolute Gasteiger partial charge is 0.401 e. The van der Waals surface area contributed by atoms with Gasteiger partial charge in [-0.1, -0.05) is 38.0 Å². The minimum atomic E-state index is 0.729. The first-order valence-electron chi connectivity index (χ1n) is 6.83. The lowest BCUT2D eigenvalue weighted by Crippen LogP contribution is -2.21. The van der Waals surface area contributed by atoms with Crippen molar-refractivity contribution in [1.82, 2.24) is 5.32 Å². The van der Waals surface area contributed by atoms with E-state index in [9.17, 15) is 0 Å². The van der Waals surface area contributed by atoms with E-state index in [-0.39, 0.29) is 0 Å². The summed E-state index contributed by atoms with van der Waals surface area (Å²) in [6, 6.07) is 0. The Morgan fingerprint density at radius 3 is 3.00 bits per heavy atom. The van der Waals surface area contributed by atoms with E-state index < -0.39 is 0 Å². The van der Waals surface area contributed by atoms with E-state index in [1.807, 2.05) is 6.92 Å². The molecule has 0 spiro atoms. The van der Waals surface area contributed by atoms with Gasteiger partial charge in [0.05, 0.1) is 5.70 Å². The molecule has 0 aromatic carbocycles. The SMILES string of the molecule is CCCCCN/C(C1=CC=C[C@H]2C[C@@H]12)=C(/C)N. The smallest absolute Gasteiger partial charge is 0.0563 e. The maximum atomic E-state index is 6.02. The van der Waals surface area contributed by atoms with Gasteiger partial charge in [-0.05, 0) is 37.2 Å². The van der Waals surface area contributed by atoms with Gasteiger partial charge >= 0.3 is 0 Å².